The zero-order valence-electron chi connectivity index (χ0n) is 16.6. The number of oxazole rings is 1. The molecular formula is C23H17F2N3O4. The third-order valence-electron chi connectivity index (χ3n) is 4.48. The van der Waals surface area contributed by atoms with Gasteiger partial charge in [-0.3, -0.25) is 9.59 Å². The minimum atomic E-state index is -0.760. The van der Waals surface area contributed by atoms with Gasteiger partial charge in [-0.2, -0.15) is 0 Å². The van der Waals surface area contributed by atoms with Crippen LogP contribution in [0.25, 0.3) is 11.3 Å². The summed E-state index contributed by atoms with van der Waals surface area (Å²) in [5.41, 5.74) is 0.659. The molecule has 7 nitrogen and oxygen atoms in total. The first-order chi connectivity index (χ1) is 15.5. The second-order valence-corrected chi connectivity index (χ2v) is 6.78. The molecule has 0 bridgehead atoms. The van der Waals surface area contributed by atoms with Gasteiger partial charge in [0.2, 0.25) is 5.91 Å². The summed E-state index contributed by atoms with van der Waals surface area (Å²) in [7, 11) is 0. The van der Waals surface area contributed by atoms with E-state index in [1.165, 1.54) is 24.6 Å². The maximum Gasteiger partial charge on any atom is 0.291 e. The average Bonchev–Trinajstić information content (AvgIpc) is 3.45. The Balaban J connectivity index is 1.34. The molecule has 9 heteroatoms. The molecule has 2 amide bonds. The smallest absolute Gasteiger partial charge is 0.291 e. The molecule has 2 N–H and O–H groups in total. The van der Waals surface area contributed by atoms with Gasteiger partial charge in [0.25, 0.3) is 5.91 Å². The number of hydrogen-bond acceptors (Lipinski definition) is 5. The van der Waals surface area contributed by atoms with Crippen molar-refractivity contribution in [2.75, 3.05) is 10.6 Å². The lowest BCUT2D eigenvalue weighted by molar-refractivity contribution is -0.116. The number of amides is 2. The second kappa shape index (κ2) is 9.25. The highest BCUT2D eigenvalue weighted by Crippen LogP contribution is 2.27. The Morgan fingerprint density at radius 3 is 2.38 bits per heavy atom. The fraction of sp³-hybridized carbons (Fsp3) is 0.0870. The third-order valence-corrected chi connectivity index (χ3v) is 4.48. The van der Waals surface area contributed by atoms with E-state index in [9.17, 15) is 18.4 Å². The van der Waals surface area contributed by atoms with Crippen molar-refractivity contribution in [3.63, 3.8) is 0 Å². The van der Waals surface area contributed by atoms with Gasteiger partial charge < -0.3 is 19.5 Å². The molecule has 0 aliphatic heterocycles. The van der Waals surface area contributed by atoms with E-state index in [0.29, 0.717) is 11.4 Å². The van der Waals surface area contributed by atoms with Gasteiger partial charge >= 0.3 is 0 Å². The van der Waals surface area contributed by atoms with E-state index in [2.05, 4.69) is 15.6 Å². The Bertz CT molecular complexity index is 1230. The van der Waals surface area contributed by atoms with E-state index < -0.39 is 17.5 Å². The van der Waals surface area contributed by atoms with E-state index in [1.807, 2.05) is 0 Å². The summed E-state index contributed by atoms with van der Waals surface area (Å²) in [6.07, 6.45) is 2.79. The number of anilines is 2. The Morgan fingerprint density at radius 2 is 1.66 bits per heavy atom. The van der Waals surface area contributed by atoms with Crippen LogP contribution in [0.2, 0.25) is 0 Å². The minimum Gasteiger partial charge on any atom is -0.459 e. The highest BCUT2D eigenvalue weighted by molar-refractivity contribution is 6.02. The Labute approximate surface area is 181 Å². The van der Waals surface area contributed by atoms with Crippen LogP contribution in [0.4, 0.5) is 20.2 Å². The van der Waals surface area contributed by atoms with Gasteiger partial charge in [-0.25, -0.2) is 13.8 Å². The molecule has 0 saturated heterocycles. The third kappa shape index (κ3) is 4.89. The van der Waals surface area contributed by atoms with Crippen molar-refractivity contribution in [3.05, 3.63) is 90.3 Å². The largest absolute Gasteiger partial charge is 0.459 e. The fourth-order valence-corrected chi connectivity index (χ4v) is 2.99. The quantitative estimate of drug-likeness (QED) is 0.422. The molecule has 2 aromatic carbocycles. The number of nitrogens with one attached hydrogen (secondary N) is 2. The van der Waals surface area contributed by atoms with E-state index >= 15 is 0 Å². The Morgan fingerprint density at radius 1 is 0.938 bits per heavy atom. The summed E-state index contributed by atoms with van der Waals surface area (Å²) >= 11 is 0. The lowest BCUT2D eigenvalue weighted by Crippen LogP contribution is -2.14. The van der Waals surface area contributed by atoms with Crippen LogP contribution < -0.4 is 10.6 Å². The molecule has 162 valence electrons. The van der Waals surface area contributed by atoms with Crippen LogP contribution in [-0.2, 0) is 11.2 Å². The predicted octanol–water partition coefficient (Wildman–Crippen LogP) is 5.04. The Kier molecular flexibility index (Phi) is 6.07. The average molecular weight is 437 g/mol. The van der Waals surface area contributed by atoms with Crippen LogP contribution in [0.1, 0.15) is 22.9 Å². The van der Waals surface area contributed by atoms with Crippen molar-refractivity contribution in [2.45, 2.75) is 12.8 Å². The lowest BCUT2D eigenvalue weighted by atomic mass is 10.1. The van der Waals surface area contributed by atoms with Crippen molar-refractivity contribution in [2.24, 2.45) is 0 Å². The molecule has 4 rings (SSSR count). The first kappa shape index (κ1) is 21.0. The number of hydrogen-bond donors (Lipinski definition) is 2. The van der Waals surface area contributed by atoms with Crippen LogP contribution in [0.5, 0.6) is 0 Å². The van der Waals surface area contributed by atoms with Crippen molar-refractivity contribution >= 4 is 23.2 Å². The van der Waals surface area contributed by atoms with Crippen LogP contribution in [-0.4, -0.2) is 16.8 Å². The number of halogens is 2. The number of benzene rings is 2. The molecular weight excluding hydrogens is 420 g/mol. The number of aryl methyl sites for hydroxylation is 1. The molecule has 0 aliphatic carbocycles. The summed E-state index contributed by atoms with van der Waals surface area (Å²) in [5.74, 6) is -1.96. The fourth-order valence-electron chi connectivity index (χ4n) is 2.99. The number of carbonyl (C=O) groups is 2. The summed E-state index contributed by atoms with van der Waals surface area (Å²) in [6, 6.07) is 13.3. The molecule has 0 spiro atoms. The predicted molar refractivity (Wildman–Crippen MR) is 112 cm³/mol. The minimum absolute atomic E-state index is 0.0304. The van der Waals surface area contributed by atoms with Crippen LogP contribution in [0.15, 0.2) is 75.9 Å². The van der Waals surface area contributed by atoms with Crippen LogP contribution in [0.3, 0.4) is 0 Å². The molecule has 4 aromatic rings. The molecule has 2 heterocycles. The maximum atomic E-state index is 13.9. The molecule has 32 heavy (non-hydrogen) atoms. The van der Waals surface area contributed by atoms with Crippen molar-refractivity contribution < 1.29 is 27.2 Å². The molecule has 0 aliphatic rings. The normalized spacial score (nSPS) is 10.7. The zero-order valence-corrected chi connectivity index (χ0v) is 16.6. The monoisotopic (exact) mass is 437 g/mol. The summed E-state index contributed by atoms with van der Waals surface area (Å²) in [5, 5.41) is 5.39. The molecule has 0 radical (unpaired) electrons. The SMILES string of the molecule is O=C(CCc1ncc(-c2c(F)cccc2F)o1)Nc1cccc(NC(=O)c2ccco2)c1. The highest BCUT2D eigenvalue weighted by Gasteiger charge is 2.16. The lowest BCUT2D eigenvalue weighted by Gasteiger charge is -2.08. The highest BCUT2D eigenvalue weighted by atomic mass is 19.1. The number of rotatable bonds is 7. The molecule has 2 aromatic heterocycles. The van der Waals surface area contributed by atoms with E-state index in [4.69, 9.17) is 8.83 Å². The van der Waals surface area contributed by atoms with Gasteiger partial charge in [0.1, 0.15) is 11.6 Å². The van der Waals surface area contributed by atoms with Gasteiger partial charge in [-0.05, 0) is 42.5 Å². The maximum absolute atomic E-state index is 13.9. The first-order valence-corrected chi connectivity index (χ1v) is 9.63. The molecule has 0 saturated carbocycles. The van der Waals surface area contributed by atoms with Gasteiger partial charge in [0.15, 0.2) is 17.4 Å². The van der Waals surface area contributed by atoms with E-state index in [0.717, 1.165) is 12.1 Å². The first-order valence-electron chi connectivity index (χ1n) is 9.63. The topological polar surface area (TPSA) is 97.4 Å². The van der Waals surface area contributed by atoms with E-state index in [1.54, 1.807) is 30.3 Å². The van der Waals surface area contributed by atoms with Crippen molar-refractivity contribution in [1.29, 1.82) is 0 Å². The number of nitrogens with zero attached hydrogens (tertiary/aromatic N) is 1. The molecule has 0 fully saturated rings. The van der Waals surface area contributed by atoms with Gasteiger partial charge in [0, 0.05) is 24.2 Å². The second-order valence-electron chi connectivity index (χ2n) is 6.78. The van der Waals surface area contributed by atoms with Crippen LogP contribution >= 0.6 is 0 Å². The number of carbonyl (C=O) groups excluding carboxylic acids is 2. The zero-order chi connectivity index (χ0) is 22.5. The van der Waals surface area contributed by atoms with Gasteiger partial charge in [0.05, 0.1) is 18.0 Å². The molecule has 0 unspecified atom stereocenters. The Hall–Kier alpha value is -4.27. The summed E-state index contributed by atoms with van der Waals surface area (Å²) < 4.78 is 38.2. The number of furan rings is 1. The summed E-state index contributed by atoms with van der Waals surface area (Å²) in [6.45, 7) is 0. The number of aromatic nitrogens is 1. The van der Waals surface area contributed by atoms with Gasteiger partial charge in [-0.15, -0.1) is 0 Å². The van der Waals surface area contributed by atoms with Crippen LogP contribution in [0, 0.1) is 11.6 Å². The molecule has 0 atom stereocenters. The summed E-state index contributed by atoms with van der Waals surface area (Å²) in [4.78, 5) is 28.3. The standard InChI is InChI=1S/C23H17F2N3O4/c24-16-6-2-7-17(25)22(16)19-13-26-21(32-19)10-9-20(29)27-14-4-1-5-15(12-14)28-23(30)18-8-3-11-31-18/h1-8,11-13H,9-10H2,(H,27,29)(H,28,30). The van der Waals surface area contributed by atoms with Gasteiger partial charge in [-0.1, -0.05) is 12.1 Å². The van der Waals surface area contributed by atoms with E-state index in [-0.39, 0.29) is 41.7 Å². The van der Waals surface area contributed by atoms with Crippen molar-refractivity contribution in [3.8, 4) is 11.3 Å². The van der Waals surface area contributed by atoms with Crippen molar-refractivity contribution in [1.82, 2.24) is 4.98 Å².